The minimum atomic E-state index is 0.411. The fraction of sp³-hybridized carbons (Fsp3) is 0.444. The highest BCUT2D eigenvalue weighted by atomic mass is 15.2. The second kappa shape index (κ2) is 6.54. The highest BCUT2D eigenvalue weighted by Gasteiger charge is 2.15. The number of imidazole rings is 2. The first-order valence-electron chi connectivity index (χ1n) is 8.20. The molecule has 2 aromatic heterocycles. The summed E-state index contributed by atoms with van der Waals surface area (Å²) < 4.78 is 4.43. The van der Waals surface area contributed by atoms with Crippen LogP contribution in [-0.4, -0.2) is 37.1 Å². The number of benzene rings is 1. The molecule has 0 aliphatic heterocycles. The maximum Gasteiger partial charge on any atom is 0.123 e. The Bertz CT molecular complexity index is 786. The quantitative estimate of drug-likeness (QED) is 0.702. The molecule has 1 aromatic carbocycles. The molecule has 3 rings (SSSR count). The first-order valence-corrected chi connectivity index (χ1v) is 8.20. The summed E-state index contributed by atoms with van der Waals surface area (Å²) in [5.41, 5.74) is 2.25. The first-order chi connectivity index (χ1) is 11.1. The highest BCUT2D eigenvalue weighted by molar-refractivity contribution is 5.75. The van der Waals surface area contributed by atoms with E-state index in [9.17, 15) is 0 Å². The Morgan fingerprint density at radius 1 is 1.22 bits per heavy atom. The molecule has 23 heavy (non-hydrogen) atoms. The molecule has 0 amide bonds. The highest BCUT2D eigenvalue weighted by Crippen LogP contribution is 2.16. The van der Waals surface area contributed by atoms with Gasteiger partial charge in [-0.3, -0.25) is 4.90 Å². The third kappa shape index (κ3) is 3.15. The summed E-state index contributed by atoms with van der Waals surface area (Å²) in [5, 5.41) is 0. The van der Waals surface area contributed by atoms with E-state index in [0.717, 1.165) is 36.7 Å². The van der Waals surface area contributed by atoms with Gasteiger partial charge in [0.15, 0.2) is 0 Å². The summed E-state index contributed by atoms with van der Waals surface area (Å²) in [5.74, 6) is 2.25. The van der Waals surface area contributed by atoms with Gasteiger partial charge in [0.05, 0.1) is 17.6 Å². The normalized spacial score (nSPS) is 13.1. The molecule has 5 nitrogen and oxygen atoms in total. The molecule has 0 aliphatic carbocycles. The minimum absolute atomic E-state index is 0.411. The lowest BCUT2D eigenvalue weighted by molar-refractivity contribution is 0.219. The van der Waals surface area contributed by atoms with Gasteiger partial charge in [0.2, 0.25) is 0 Å². The van der Waals surface area contributed by atoms with E-state index in [2.05, 4.69) is 71.4 Å². The van der Waals surface area contributed by atoms with Gasteiger partial charge in [-0.25, -0.2) is 9.97 Å². The Labute approximate surface area is 137 Å². The molecular formula is C18H25N5. The second-order valence-electron chi connectivity index (χ2n) is 6.19. The molecule has 0 N–H and O–H groups in total. The van der Waals surface area contributed by atoms with Crippen molar-refractivity contribution in [2.45, 2.75) is 39.4 Å². The summed E-state index contributed by atoms with van der Waals surface area (Å²) in [6.45, 7) is 6.18. The average molecular weight is 311 g/mol. The topological polar surface area (TPSA) is 38.9 Å². The lowest BCUT2D eigenvalue weighted by Gasteiger charge is -2.25. The number of hydrogen-bond acceptors (Lipinski definition) is 3. The molecule has 5 heteroatoms. The van der Waals surface area contributed by atoms with Gasteiger partial charge in [0.1, 0.15) is 11.6 Å². The standard InChI is InChI=1S/C18H25N5/c1-5-17-19-10-11-23(17)12-14(2)21(3)13-18-20-15-8-6-7-9-16(15)22(18)4/h6-11,14H,5,12-13H2,1-4H3. The number of para-hydroxylation sites is 2. The molecular weight excluding hydrogens is 286 g/mol. The van der Waals surface area contributed by atoms with Crippen LogP contribution in [-0.2, 0) is 26.6 Å². The van der Waals surface area contributed by atoms with Crippen LogP contribution < -0.4 is 0 Å². The Morgan fingerprint density at radius 3 is 2.74 bits per heavy atom. The SMILES string of the molecule is CCc1nccn1CC(C)N(C)Cc1nc2ccccc2n1C. The van der Waals surface area contributed by atoms with Crippen LogP contribution in [0.5, 0.6) is 0 Å². The van der Waals surface area contributed by atoms with E-state index in [1.54, 1.807) is 0 Å². The summed E-state index contributed by atoms with van der Waals surface area (Å²) in [4.78, 5) is 11.5. The second-order valence-corrected chi connectivity index (χ2v) is 6.19. The number of aryl methyl sites for hydroxylation is 2. The zero-order chi connectivity index (χ0) is 16.4. The van der Waals surface area contributed by atoms with E-state index in [1.807, 2.05) is 12.3 Å². The molecule has 0 radical (unpaired) electrons. The fourth-order valence-corrected chi connectivity index (χ4v) is 2.96. The molecule has 0 spiro atoms. The van der Waals surface area contributed by atoms with Gasteiger partial charge in [-0.2, -0.15) is 0 Å². The summed E-state index contributed by atoms with van der Waals surface area (Å²) in [6.07, 6.45) is 4.92. The summed E-state index contributed by atoms with van der Waals surface area (Å²) in [6, 6.07) is 8.70. The molecule has 0 aliphatic rings. The van der Waals surface area contributed by atoms with Crippen molar-refractivity contribution in [3.63, 3.8) is 0 Å². The predicted octanol–water partition coefficient (Wildman–Crippen LogP) is 2.85. The van der Waals surface area contributed by atoms with Crippen LogP contribution in [0.3, 0.4) is 0 Å². The van der Waals surface area contributed by atoms with E-state index in [-0.39, 0.29) is 0 Å². The van der Waals surface area contributed by atoms with Gasteiger partial charge in [0.25, 0.3) is 0 Å². The summed E-state index contributed by atoms with van der Waals surface area (Å²) >= 11 is 0. The van der Waals surface area contributed by atoms with Gasteiger partial charge in [-0.1, -0.05) is 19.1 Å². The van der Waals surface area contributed by atoms with Gasteiger partial charge in [-0.15, -0.1) is 0 Å². The Morgan fingerprint density at radius 2 is 2.00 bits per heavy atom. The van der Waals surface area contributed by atoms with Crippen LogP contribution in [0.15, 0.2) is 36.7 Å². The van der Waals surface area contributed by atoms with E-state index < -0.39 is 0 Å². The number of nitrogens with zero attached hydrogens (tertiary/aromatic N) is 5. The van der Waals surface area contributed by atoms with Crippen LogP contribution in [0.25, 0.3) is 11.0 Å². The van der Waals surface area contributed by atoms with Crippen LogP contribution in [0, 0.1) is 0 Å². The molecule has 0 saturated carbocycles. The first kappa shape index (κ1) is 15.7. The van der Waals surface area contributed by atoms with Crippen molar-refractivity contribution in [3.05, 3.63) is 48.3 Å². The molecule has 0 bridgehead atoms. The third-order valence-electron chi connectivity index (χ3n) is 4.60. The van der Waals surface area contributed by atoms with E-state index >= 15 is 0 Å². The zero-order valence-corrected chi connectivity index (χ0v) is 14.4. The van der Waals surface area contributed by atoms with Gasteiger partial charge in [-0.05, 0) is 26.1 Å². The van der Waals surface area contributed by atoms with Crippen molar-refractivity contribution >= 4 is 11.0 Å². The number of fused-ring (bicyclic) bond motifs is 1. The number of rotatable bonds is 6. The Hall–Kier alpha value is -2.14. The van der Waals surface area contributed by atoms with E-state index in [0.29, 0.717) is 6.04 Å². The van der Waals surface area contributed by atoms with Crippen molar-refractivity contribution in [3.8, 4) is 0 Å². The van der Waals surface area contributed by atoms with Crippen molar-refractivity contribution in [2.75, 3.05) is 7.05 Å². The monoisotopic (exact) mass is 311 g/mol. The van der Waals surface area contributed by atoms with Gasteiger partial charge in [0, 0.05) is 38.4 Å². The zero-order valence-electron chi connectivity index (χ0n) is 14.4. The molecule has 3 aromatic rings. The van der Waals surface area contributed by atoms with Gasteiger partial charge >= 0.3 is 0 Å². The smallest absolute Gasteiger partial charge is 0.123 e. The third-order valence-corrected chi connectivity index (χ3v) is 4.60. The average Bonchev–Trinajstić information content (AvgIpc) is 3.12. The maximum atomic E-state index is 4.77. The van der Waals surface area contributed by atoms with Crippen molar-refractivity contribution in [2.24, 2.45) is 7.05 Å². The number of hydrogen-bond donors (Lipinski definition) is 0. The van der Waals surface area contributed by atoms with E-state index in [4.69, 9.17) is 4.98 Å². The van der Waals surface area contributed by atoms with E-state index in [1.165, 1.54) is 5.52 Å². The van der Waals surface area contributed by atoms with Crippen LogP contribution in [0.4, 0.5) is 0 Å². The molecule has 122 valence electrons. The summed E-state index contributed by atoms with van der Waals surface area (Å²) in [7, 11) is 4.25. The number of likely N-dealkylation sites (N-methyl/N-ethyl adjacent to an activating group) is 1. The predicted molar refractivity (Wildman–Crippen MR) is 93.2 cm³/mol. The molecule has 0 fully saturated rings. The van der Waals surface area contributed by atoms with Crippen LogP contribution in [0.1, 0.15) is 25.5 Å². The number of aromatic nitrogens is 4. The van der Waals surface area contributed by atoms with Crippen LogP contribution in [0.2, 0.25) is 0 Å². The molecule has 1 atom stereocenters. The largest absolute Gasteiger partial charge is 0.333 e. The fourth-order valence-electron chi connectivity index (χ4n) is 2.96. The lowest BCUT2D eigenvalue weighted by atomic mass is 10.3. The molecule has 2 heterocycles. The lowest BCUT2D eigenvalue weighted by Crippen LogP contribution is -2.33. The Balaban J connectivity index is 1.72. The molecule has 1 unspecified atom stereocenters. The van der Waals surface area contributed by atoms with Crippen molar-refractivity contribution in [1.82, 2.24) is 24.0 Å². The minimum Gasteiger partial charge on any atom is -0.333 e. The maximum absolute atomic E-state index is 4.77. The van der Waals surface area contributed by atoms with Crippen LogP contribution >= 0.6 is 0 Å². The Kier molecular flexibility index (Phi) is 4.48. The van der Waals surface area contributed by atoms with Crippen molar-refractivity contribution in [1.29, 1.82) is 0 Å². The van der Waals surface area contributed by atoms with Gasteiger partial charge < -0.3 is 9.13 Å². The van der Waals surface area contributed by atoms with Crippen molar-refractivity contribution < 1.29 is 0 Å². The molecule has 0 saturated heterocycles.